The fraction of sp³-hybridized carbons (Fsp3) is 0.381. The van der Waals surface area contributed by atoms with Gasteiger partial charge in [0.1, 0.15) is 10.7 Å². The van der Waals surface area contributed by atoms with Gasteiger partial charge in [0.25, 0.3) is 11.2 Å². The SMILES string of the molecule is CN(Cc1cc([N+](=O)[O-])ccc1Cl)C(=O)CCc1nc2sc3c(c2c(=O)[nH]1)CCCC3. The lowest BCUT2D eigenvalue weighted by atomic mass is 9.97. The van der Waals surface area contributed by atoms with Crippen molar-refractivity contribution in [2.45, 2.75) is 45.1 Å². The fourth-order valence-corrected chi connectivity index (χ4v) is 5.34. The number of nitrogens with zero attached hydrogens (tertiary/aromatic N) is 3. The molecule has 2 aromatic heterocycles. The Hall–Kier alpha value is -2.78. The molecule has 10 heteroatoms. The van der Waals surface area contributed by atoms with Crippen LogP contribution >= 0.6 is 22.9 Å². The van der Waals surface area contributed by atoms with Gasteiger partial charge in [0.15, 0.2) is 0 Å². The van der Waals surface area contributed by atoms with Crippen molar-refractivity contribution in [3.8, 4) is 0 Å². The summed E-state index contributed by atoms with van der Waals surface area (Å²) in [7, 11) is 1.62. The topological polar surface area (TPSA) is 109 Å². The molecular weight excluding hydrogens is 440 g/mol. The Morgan fingerprint density at radius 2 is 2.13 bits per heavy atom. The van der Waals surface area contributed by atoms with Gasteiger partial charge in [-0.3, -0.25) is 19.7 Å². The second-order valence-electron chi connectivity index (χ2n) is 7.69. The predicted molar refractivity (Wildman–Crippen MR) is 120 cm³/mol. The molecule has 1 amide bonds. The number of nitrogens with one attached hydrogen (secondary N) is 1. The lowest BCUT2D eigenvalue weighted by Gasteiger charge is -2.18. The van der Waals surface area contributed by atoms with Crippen molar-refractivity contribution in [1.82, 2.24) is 14.9 Å². The monoisotopic (exact) mass is 460 g/mol. The normalized spacial score (nSPS) is 13.2. The number of carbonyl (C=O) groups is 1. The third-order valence-electron chi connectivity index (χ3n) is 5.52. The minimum Gasteiger partial charge on any atom is -0.341 e. The molecule has 162 valence electrons. The lowest BCUT2D eigenvalue weighted by Crippen LogP contribution is -2.27. The zero-order valence-corrected chi connectivity index (χ0v) is 18.5. The van der Waals surface area contributed by atoms with E-state index in [-0.39, 0.29) is 30.1 Å². The van der Waals surface area contributed by atoms with Crippen LogP contribution in [-0.2, 0) is 30.6 Å². The lowest BCUT2D eigenvalue weighted by molar-refractivity contribution is -0.384. The van der Waals surface area contributed by atoms with Crippen molar-refractivity contribution in [1.29, 1.82) is 0 Å². The number of aromatic nitrogens is 2. The molecule has 0 radical (unpaired) electrons. The van der Waals surface area contributed by atoms with E-state index >= 15 is 0 Å². The number of H-pyrrole nitrogens is 1. The van der Waals surface area contributed by atoms with Crippen LogP contribution in [0, 0.1) is 10.1 Å². The number of thiophene rings is 1. The van der Waals surface area contributed by atoms with Gasteiger partial charge in [-0.25, -0.2) is 4.98 Å². The number of carbonyl (C=O) groups excluding carboxylic acids is 1. The molecule has 2 heterocycles. The molecule has 0 aliphatic heterocycles. The van der Waals surface area contributed by atoms with Crippen LogP contribution in [0.2, 0.25) is 5.02 Å². The maximum atomic E-state index is 12.6. The number of hydrogen-bond donors (Lipinski definition) is 1. The van der Waals surface area contributed by atoms with Crippen LogP contribution in [0.4, 0.5) is 5.69 Å². The average molecular weight is 461 g/mol. The molecule has 0 saturated heterocycles. The Morgan fingerprint density at radius 3 is 2.90 bits per heavy atom. The van der Waals surface area contributed by atoms with Crippen LogP contribution in [0.15, 0.2) is 23.0 Å². The molecular formula is C21H21ClN4O4S. The van der Waals surface area contributed by atoms with E-state index in [1.54, 1.807) is 18.4 Å². The number of fused-ring (bicyclic) bond motifs is 3. The van der Waals surface area contributed by atoms with Crippen molar-refractivity contribution in [3.63, 3.8) is 0 Å². The molecule has 0 unspecified atom stereocenters. The molecule has 1 N–H and O–H groups in total. The number of aryl methyl sites for hydroxylation is 3. The number of non-ortho nitro benzene ring substituents is 1. The van der Waals surface area contributed by atoms with E-state index in [0.717, 1.165) is 36.1 Å². The minimum absolute atomic E-state index is 0.0750. The maximum Gasteiger partial charge on any atom is 0.269 e. The summed E-state index contributed by atoms with van der Waals surface area (Å²) in [6, 6.07) is 4.16. The summed E-state index contributed by atoms with van der Waals surface area (Å²) in [5.74, 6) is 0.321. The summed E-state index contributed by atoms with van der Waals surface area (Å²) < 4.78 is 0. The highest BCUT2D eigenvalue weighted by Crippen LogP contribution is 2.33. The van der Waals surface area contributed by atoms with Crippen molar-refractivity contribution >= 4 is 44.7 Å². The molecule has 31 heavy (non-hydrogen) atoms. The molecule has 4 rings (SSSR count). The van der Waals surface area contributed by atoms with Gasteiger partial charge < -0.3 is 9.88 Å². The Balaban J connectivity index is 1.45. The standard InChI is InChI=1S/C21H21ClN4O4S/c1-25(11-12-10-13(26(29)30)6-7-15(12)22)18(27)9-8-17-23-20(28)19-14-4-2-3-5-16(14)31-21(19)24-17/h6-7,10H,2-5,8-9,11H2,1H3,(H,23,24,28). The fourth-order valence-electron chi connectivity index (χ4n) is 3.88. The highest BCUT2D eigenvalue weighted by atomic mass is 35.5. The molecule has 1 aliphatic carbocycles. The molecule has 3 aromatic rings. The van der Waals surface area contributed by atoms with E-state index in [4.69, 9.17) is 11.6 Å². The van der Waals surface area contributed by atoms with Crippen LogP contribution in [0.5, 0.6) is 0 Å². The predicted octanol–water partition coefficient (Wildman–Crippen LogP) is 4.02. The van der Waals surface area contributed by atoms with Crippen LogP contribution in [-0.4, -0.2) is 32.7 Å². The van der Waals surface area contributed by atoms with Crippen LogP contribution < -0.4 is 5.56 Å². The van der Waals surface area contributed by atoms with Gasteiger partial charge in [-0.05, 0) is 42.9 Å². The first kappa shape index (κ1) is 21.5. The van der Waals surface area contributed by atoms with Crippen LogP contribution in [0.1, 0.15) is 41.1 Å². The van der Waals surface area contributed by atoms with Crippen LogP contribution in [0.25, 0.3) is 10.2 Å². The van der Waals surface area contributed by atoms with E-state index in [2.05, 4.69) is 9.97 Å². The van der Waals surface area contributed by atoms with Gasteiger partial charge in [0.2, 0.25) is 5.91 Å². The maximum absolute atomic E-state index is 12.6. The number of amides is 1. The van der Waals surface area contributed by atoms with Crippen LogP contribution in [0.3, 0.4) is 0 Å². The van der Waals surface area contributed by atoms with Gasteiger partial charge in [-0.15, -0.1) is 11.3 Å². The van der Waals surface area contributed by atoms with Gasteiger partial charge in [0, 0.05) is 48.5 Å². The highest BCUT2D eigenvalue weighted by Gasteiger charge is 2.20. The van der Waals surface area contributed by atoms with Gasteiger partial charge in [-0.1, -0.05) is 11.6 Å². The number of nitro groups is 1. The summed E-state index contributed by atoms with van der Waals surface area (Å²) in [5, 5.41) is 12.0. The first-order chi connectivity index (χ1) is 14.8. The van der Waals surface area contributed by atoms with E-state index in [0.29, 0.717) is 28.2 Å². The Morgan fingerprint density at radius 1 is 1.35 bits per heavy atom. The summed E-state index contributed by atoms with van der Waals surface area (Å²) >= 11 is 7.71. The smallest absolute Gasteiger partial charge is 0.269 e. The van der Waals surface area contributed by atoms with Crippen molar-refractivity contribution < 1.29 is 9.72 Å². The van der Waals surface area contributed by atoms with Crippen molar-refractivity contribution in [2.24, 2.45) is 0 Å². The third kappa shape index (κ3) is 4.47. The molecule has 0 atom stereocenters. The van der Waals surface area contributed by atoms with Gasteiger partial charge in [0.05, 0.1) is 10.3 Å². The zero-order chi connectivity index (χ0) is 22.1. The molecule has 1 aromatic carbocycles. The first-order valence-electron chi connectivity index (χ1n) is 10.0. The zero-order valence-electron chi connectivity index (χ0n) is 16.9. The van der Waals surface area contributed by atoms with Gasteiger partial charge >= 0.3 is 0 Å². The van der Waals surface area contributed by atoms with Gasteiger partial charge in [-0.2, -0.15) is 0 Å². The third-order valence-corrected chi connectivity index (χ3v) is 7.08. The second kappa shape index (κ2) is 8.76. The summed E-state index contributed by atoms with van der Waals surface area (Å²) in [6.45, 7) is 0.153. The summed E-state index contributed by atoms with van der Waals surface area (Å²) in [4.78, 5) is 46.6. The van der Waals surface area contributed by atoms with Crippen molar-refractivity contribution in [2.75, 3.05) is 7.05 Å². The summed E-state index contributed by atoms with van der Waals surface area (Å²) in [6.07, 6.45) is 4.61. The number of hydrogen-bond acceptors (Lipinski definition) is 6. The molecule has 0 fully saturated rings. The molecule has 0 bridgehead atoms. The highest BCUT2D eigenvalue weighted by molar-refractivity contribution is 7.18. The second-order valence-corrected chi connectivity index (χ2v) is 9.18. The molecule has 0 saturated carbocycles. The quantitative estimate of drug-likeness (QED) is 0.441. The van der Waals surface area contributed by atoms with E-state index in [1.165, 1.54) is 28.0 Å². The number of benzene rings is 1. The van der Waals surface area contributed by atoms with E-state index < -0.39 is 4.92 Å². The molecule has 1 aliphatic rings. The Kier molecular flexibility index (Phi) is 6.06. The average Bonchev–Trinajstić information content (AvgIpc) is 3.12. The number of halogens is 1. The Labute approximate surface area is 187 Å². The first-order valence-corrected chi connectivity index (χ1v) is 11.2. The van der Waals surface area contributed by atoms with E-state index in [1.807, 2.05) is 0 Å². The minimum atomic E-state index is -0.498. The number of rotatable bonds is 6. The molecule has 0 spiro atoms. The largest absolute Gasteiger partial charge is 0.341 e. The summed E-state index contributed by atoms with van der Waals surface area (Å²) in [5.41, 5.74) is 1.43. The van der Waals surface area contributed by atoms with E-state index in [9.17, 15) is 19.7 Å². The van der Waals surface area contributed by atoms with Crippen molar-refractivity contribution in [3.05, 3.63) is 65.5 Å². The number of nitro benzene ring substituents is 1. The number of aromatic amines is 1. The Bertz CT molecular complexity index is 1240. The molecule has 8 nitrogen and oxygen atoms in total.